The third kappa shape index (κ3) is 5.34. The van der Waals surface area contributed by atoms with E-state index in [1.165, 1.54) is 24.3 Å². The zero-order valence-corrected chi connectivity index (χ0v) is 10.6. The van der Waals surface area contributed by atoms with Gasteiger partial charge in [-0.3, -0.25) is 0 Å². The highest BCUT2D eigenvalue weighted by atomic mass is 35.7. The van der Waals surface area contributed by atoms with E-state index >= 15 is 0 Å². The predicted octanol–water partition coefficient (Wildman–Crippen LogP) is 1.09. The summed E-state index contributed by atoms with van der Waals surface area (Å²) in [7, 11) is -2.12. The highest BCUT2D eigenvalue weighted by Gasteiger charge is 2.08. The molecule has 0 heterocycles. The quantitative estimate of drug-likeness (QED) is 0.611. The van der Waals surface area contributed by atoms with Crippen LogP contribution in [0.2, 0.25) is 0 Å². The first-order valence-electron chi connectivity index (χ1n) is 4.06. The molecule has 0 N–H and O–H groups in total. The third-order valence-corrected chi connectivity index (χ3v) is 3.01. The molecule has 0 saturated carbocycles. The van der Waals surface area contributed by atoms with Crippen LogP contribution in [0.25, 0.3) is 0 Å². The lowest BCUT2D eigenvalue weighted by molar-refractivity contribution is 0.493. The van der Waals surface area contributed by atoms with Gasteiger partial charge in [0.1, 0.15) is 5.75 Å². The molecule has 1 rings (SSSR count). The Labute approximate surface area is 98.5 Å². The topological polar surface area (TPSA) is 77.5 Å². The summed E-state index contributed by atoms with van der Waals surface area (Å²) in [5.41, 5.74) is 0.454. The predicted molar refractivity (Wildman–Crippen MR) is 60.4 cm³/mol. The van der Waals surface area contributed by atoms with Crippen LogP contribution in [-0.2, 0) is 24.9 Å². The average molecular weight is 285 g/mol. The monoisotopic (exact) mass is 284 g/mol. The second kappa shape index (κ2) is 4.60. The molecule has 0 saturated heterocycles. The van der Waals surface area contributed by atoms with Crippen molar-refractivity contribution in [2.75, 3.05) is 6.26 Å². The number of hydrogen-bond donors (Lipinski definition) is 0. The molecule has 0 unspecified atom stereocenters. The first kappa shape index (κ1) is 13.3. The molecule has 5 nitrogen and oxygen atoms in total. The molecule has 90 valence electrons. The van der Waals surface area contributed by atoms with Crippen LogP contribution in [0, 0.1) is 0 Å². The molecular formula is C8H9ClO5S2. The Morgan fingerprint density at radius 2 is 1.62 bits per heavy atom. The van der Waals surface area contributed by atoms with Gasteiger partial charge in [0.05, 0.1) is 12.0 Å². The van der Waals surface area contributed by atoms with Crippen LogP contribution in [-0.4, -0.2) is 23.1 Å². The summed E-state index contributed by atoms with van der Waals surface area (Å²) < 4.78 is 47.6. The van der Waals surface area contributed by atoms with E-state index in [-0.39, 0.29) is 11.5 Å². The largest absolute Gasteiger partial charge is 0.383 e. The van der Waals surface area contributed by atoms with Crippen molar-refractivity contribution in [2.45, 2.75) is 5.75 Å². The molecule has 0 aliphatic rings. The molecule has 0 aliphatic heterocycles. The van der Waals surface area contributed by atoms with Crippen molar-refractivity contribution in [3.8, 4) is 5.75 Å². The SMILES string of the molecule is CS(=O)(=O)Oc1ccc(CS(=O)(=O)Cl)cc1. The van der Waals surface area contributed by atoms with Crippen molar-refractivity contribution in [3.63, 3.8) is 0 Å². The second-order valence-electron chi connectivity index (χ2n) is 3.11. The van der Waals surface area contributed by atoms with E-state index in [9.17, 15) is 16.8 Å². The molecule has 1 aromatic carbocycles. The Balaban J connectivity index is 2.84. The first-order chi connectivity index (χ1) is 7.16. The highest BCUT2D eigenvalue weighted by molar-refractivity contribution is 8.13. The molecule has 0 spiro atoms. The standard InChI is InChI=1S/C8H9ClO5S2/c1-15(10,11)14-8-4-2-7(3-5-8)6-16(9,12)13/h2-5H,6H2,1H3. The van der Waals surface area contributed by atoms with E-state index in [4.69, 9.17) is 10.7 Å². The molecular weight excluding hydrogens is 276 g/mol. The summed E-state index contributed by atoms with van der Waals surface area (Å²) in [6, 6.07) is 5.58. The van der Waals surface area contributed by atoms with E-state index < -0.39 is 19.2 Å². The minimum Gasteiger partial charge on any atom is -0.383 e. The maximum atomic E-state index is 10.8. The van der Waals surface area contributed by atoms with Crippen molar-refractivity contribution < 1.29 is 21.0 Å². The number of rotatable bonds is 4. The van der Waals surface area contributed by atoms with Crippen molar-refractivity contribution in [1.82, 2.24) is 0 Å². The molecule has 0 radical (unpaired) electrons. The van der Waals surface area contributed by atoms with Gasteiger partial charge in [-0.2, -0.15) is 8.42 Å². The van der Waals surface area contributed by atoms with E-state index in [0.29, 0.717) is 5.56 Å². The Bertz CT molecular complexity index is 506. The molecule has 0 amide bonds. The van der Waals surface area contributed by atoms with Gasteiger partial charge in [0.2, 0.25) is 9.05 Å². The van der Waals surface area contributed by atoms with E-state index in [2.05, 4.69) is 4.18 Å². The van der Waals surface area contributed by atoms with Crippen LogP contribution in [0.15, 0.2) is 24.3 Å². The van der Waals surface area contributed by atoms with E-state index in [1.807, 2.05) is 0 Å². The Kier molecular flexibility index (Phi) is 3.82. The number of halogens is 1. The summed E-state index contributed by atoms with van der Waals surface area (Å²) in [5.74, 6) is -0.188. The van der Waals surface area contributed by atoms with Gasteiger partial charge in [-0.15, -0.1) is 0 Å². The van der Waals surface area contributed by atoms with Crippen LogP contribution >= 0.6 is 10.7 Å². The van der Waals surface area contributed by atoms with Gasteiger partial charge in [-0.25, -0.2) is 8.42 Å². The summed E-state index contributed by atoms with van der Waals surface area (Å²) in [4.78, 5) is 0. The molecule has 0 aliphatic carbocycles. The second-order valence-corrected chi connectivity index (χ2v) is 7.47. The maximum absolute atomic E-state index is 10.8. The molecule has 1 aromatic rings. The van der Waals surface area contributed by atoms with Crippen LogP contribution < -0.4 is 4.18 Å². The van der Waals surface area contributed by atoms with Gasteiger partial charge in [0.15, 0.2) is 0 Å². The smallest absolute Gasteiger partial charge is 0.306 e. The summed E-state index contributed by atoms with van der Waals surface area (Å²) in [5, 5.41) is 0. The van der Waals surface area contributed by atoms with Crippen molar-refractivity contribution in [1.29, 1.82) is 0 Å². The summed E-state index contributed by atoms with van der Waals surface area (Å²) in [6.45, 7) is 0. The highest BCUT2D eigenvalue weighted by Crippen LogP contribution is 2.16. The van der Waals surface area contributed by atoms with Gasteiger partial charge >= 0.3 is 10.1 Å². The lowest BCUT2D eigenvalue weighted by atomic mass is 10.2. The molecule has 0 atom stereocenters. The van der Waals surface area contributed by atoms with Crippen molar-refractivity contribution in [2.24, 2.45) is 0 Å². The molecule has 16 heavy (non-hydrogen) atoms. The first-order valence-corrected chi connectivity index (χ1v) is 8.36. The zero-order valence-electron chi connectivity index (χ0n) is 8.25. The van der Waals surface area contributed by atoms with Gasteiger partial charge in [-0.05, 0) is 17.7 Å². The molecule has 8 heteroatoms. The van der Waals surface area contributed by atoms with Crippen LogP contribution in [0.5, 0.6) is 5.75 Å². The lowest BCUT2D eigenvalue weighted by Crippen LogP contribution is -2.05. The van der Waals surface area contributed by atoms with Crippen LogP contribution in [0.3, 0.4) is 0 Å². The zero-order chi connectivity index (χ0) is 12.4. The van der Waals surface area contributed by atoms with Crippen molar-refractivity contribution in [3.05, 3.63) is 29.8 Å². The minimum absolute atomic E-state index is 0.123. The van der Waals surface area contributed by atoms with Crippen LogP contribution in [0.1, 0.15) is 5.56 Å². The summed E-state index contributed by atoms with van der Waals surface area (Å²) in [6.07, 6.45) is 0.921. The minimum atomic E-state index is -3.61. The van der Waals surface area contributed by atoms with E-state index in [0.717, 1.165) is 6.26 Å². The number of hydrogen-bond acceptors (Lipinski definition) is 5. The lowest BCUT2D eigenvalue weighted by Gasteiger charge is -2.03. The fourth-order valence-electron chi connectivity index (χ4n) is 1.02. The summed E-state index contributed by atoms with van der Waals surface area (Å²) >= 11 is 0. The van der Waals surface area contributed by atoms with Gasteiger partial charge in [0.25, 0.3) is 0 Å². The average Bonchev–Trinajstić information content (AvgIpc) is 2.03. The van der Waals surface area contributed by atoms with Gasteiger partial charge in [0, 0.05) is 10.7 Å². The van der Waals surface area contributed by atoms with E-state index in [1.54, 1.807) is 0 Å². The van der Waals surface area contributed by atoms with Gasteiger partial charge < -0.3 is 4.18 Å². The maximum Gasteiger partial charge on any atom is 0.306 e. The fraction of sp³-hybridized carbons (Fsp3) is 0.250. The Hall–Kier alpha value is -0.790. The molecule has 0 bridgehead atoms. The fourth-order valence-corrected chi connectivity index (χ4v) is 2.44. The molecule has 0 aromatic heterocycles. The van der Waals surface area contributed by atoms with Gasteiger partial charge in [-0.1, -0.05) is 12.1 Å². The normalized spacial score (nSPS) is 12.4. The Morgan fingerprint density at radius 1 is 1.12 bits per heavy atom. The third-order valence-electron chi connectivity index (χ3n) is 1.51. The molecule has 0 fully saturated rings. The van der Waals surface area contributed by atoms with Crippen LogP contribution in [0.4, 0.5) is 0 Å². The van der Waals surface area contributed by atoms with Crippen molar-refractivity contribution >= 4 is 29.9 Å². The Morgan fingerprint density at radius 3 is 2.00 bits per heavy atom. The number of benzene rings is 1.